The van der Waals surface area contributed by atoms with E-state index in [-0.39, 0.29) is 47.4 Å². The number of nitrogens with zero attached hydrogens (tertiary/aromatic N) is 2. The van der Waals surface area contributed by atoms with Gasteiger partial charge >= 0.3 is 0 Å². The van der Waals surface area contributed by atoms with Crippen LogP contribution in [0.5, 0.6) is 0 Å². The zero-order valence-corrected chi connectivity index (χ0v) is 17.9. The maximum atomic E-state index is 12.8. The first-order valence-corrected chi connectivity index (χ1v) is 11.7. The van der Waals surface area contributed by atoms with E-state index in [0.29, 0.717) is 31.6 Å². The molecule has 2 amide bonds. The van der Waals surface area contributed by atoms with E-state index < -0.39 is 10.0 Å². The second kappa shape index (κ2) is 9.25. The molecule has 3 rings (SSSR count). The van der Waals surface area contributed by atoms with Gasteiger partial charge in [0.05, 0.1) is 0 Å². The number of aromatic nitrogens is 1. The van der Waals surface area contributed by atoms with Crippen LogP contribution in [0.1, 0.15) is 50.0 Å². The van der Waals surface area contributed by atoms with Crippen molar-refractivity contribution in [3.8, 4) is 0 Å². The molecule has 0 atom stereocenters. The summed E-state index contributed by atoms with van der Waals surface area (Å²) in [7, 11) is -3.67. The Hall–Kier alpha value is -1.94. The average molecular weight is 427 g/mol. The van der Waals surface area contributed by atoms with Crippen LogP contribution in [0.25, 0.3) is 0 Å². The molecule has 1 saturated heterocycles. The topological polar surface area (TPSA) is 122 Å². The molecule has 2 aliphatic rings. The average Bonchev–Trinajstić information content (AvgIpc) is 3.35. The molecule has 0 aromatic carbocycles. The van der Waals surface area contributed by atoms with Crippen molar-refractivity contribution in [1.29, 1.82) is 0 Å². The van der Waals surface area contributed by atoms with Gasteiger partial charge in [-0.1, -0.05) is 18.0 Å². The van der Waals surface area contributed by atoms with Gasteiger partial charge in [-0.25, -0.2) is 8.42 Å². The predicted octanol–water partition coefficient (Wildman–Crippen LogP) is 1.11. The zero-order valence-electron chi connectivity index (χ0n) is 17.1. The number of carbonyl (C=O) groups is 2. The molecule has 1 aliphatic carbocycles. The van der Waals surface area contributed by atoms with E-state index in [1.807, 2.05) is 0 Å². The van der Waals surface area contributed by atoms with E-state index in [0.717, 1.165) is 25.7 Å². The summed E-state index contributed by atoms with van der Waals surface area (Å²) in [6, 6.07) is 0. The van der Waals surface area contributed by atoms with Crippen LogP contribution in [0, 0.1) is 25.7 Å². The van der Waals surface area contributed by atoms with Gasteiger partial charge in [-0.15, -0.1) is 0 Å². The molecule has 1 aromatic rings. The summed E-state index contributed by atoms with van der Waals surface area (Å²) >= 11 is 0. The summed E-state index contributed by atoms with van der Waals surface area (Å²) in [5.41, 5.74) is 0.349. The monoisotopic (exact) mass is 426 g/mol. The van der Waals surface area contributed by atoms with Crippen LogP contribution < -0.4 is 10.6 Å². The fourth-order valence-electron chi connectivity index (χ4n) is 4.18. The fraction of sp³-hybridized carbons (Fsp3) is 0.737. The predicted molar refractivity (Wildman–Crippen MR) is 105 cm³/mol. The lowest BCUT2D eigenvalue weighted by Crippen LogP contribution is -2.44. The van der Waals surface area contributed by atoms with Gasteiger partial charge in [-0.2, -0.15) is 4.31 Å². The van der Waals surface area contributed by atoms with Crippen molar-refractivity contribution in [1.82, 2.24) is 20.1 Å². The van der Waals surface area contributed by atoms with E-state index in [1.54, 1.807) is 13.8 Å². The van der Waals surface area contributed by atoms with Crippen molar-refractivity contribution >= 4 is 21.8 Å². The van der Waals surface area contributed by atoms with Crippen LogP contribution in [0.3, 0.4) is 0 Å². The van der Waals surface area contributed by atoms with Gasteiger partial charge in [-0.05, 0) is 39.5 Å². The normalized spacial score (nSPS) is 19.4. The Morgan fingerprint density at radius 2 is 1.52 bits per heavy atom. The van der Waals surface area contributed by atoms with E-state index in [9.17, 15) is 18.0 Å². The van der Waals surface area contributed by atoms with Gasteiger partial charge in [0, 0.05) is 38.0 Å². The number of aryl methyl sites for hydroxylation is 2. The minimum Gasteiger partial charge on any atom is -0.360 e. The number of sulfonamides is 1. The van der Waals surface area contributed by atoms with Crippen molar-refractivity contribution < 1.29 is 22.5 Å². The summed E-state index contributed by atoms with van der Waals surface area (Å²) in [5, 5.41) is 9.46. The minimum atomic E-state index is -3.67. The van der Waals surface area contributed by atoms with Gasteiger partial charge in [0.15, 0.2) is 5.76 Å². The molecule has 1 saturated carbocycles. The molecule has 2 heterocycles. The Labute approximate surface area is 171 Å². The van der Waals surface area contributed by atoms with E-state index >= 15 is 0 Å². The van der Waals surface area contributed by atoms with E-state index in [4.69, 9.17) is 4.52 Å². The molecule has 1 aliphatic heterocycles. The molecule has 2 fully saturated rings. The van der Waals surface area contributed by atoms with Gasteiger partial charge in [0.1, 0.15) is 10.6 Å². The lowest BCUT2D eigenvalue weighted by Gasteiger charge is -2.30. The number of carbonyl (C=O) groups excluding carboxylic acids is 2. The first kappa shape index (κ1) is 21.8. The number of hydrogen-bond donors (Lipinski definition) is 2. The van der Waals surface area contributed by atoms with Crippen LogP contribution >= 0.6 is 0 Å². The standard InChI is InChI=1S/C19H30N4O5S/c1-13-17(14(2)28-22-13)29(26,27)23-11-7-16(8-12-23)19(25)21-10-9-20-18(24)15-5-3-4-6-15/h15-16H,3-12H2,1-2H3,(H,20,24)(H,21,25). The van der Waals surface area contributed by atoms with Crippen LogP contribution in [0.2, 0.25) is 0 Å². The SMILES string of the molecule is Cc1noc(C)c1S(=O)(=O)N1CCC(C(=O)NCCNC(=O)C2CCCC2)CC1. The highest BCUT2D eigenvalue weighted by Crippen LogP contribution is 2.27. The summed E-state index contributed by atoms with van der Waals surface area (Å²) in [6.45, 7) is 4.55. The quantitative estimate of drug-likeness (QED) is 0.630. The molecule has 2 N–H and O–H groups in total. The summed E-state index contributed by atoms with van der Waals surface area (Å²) in [6.07, 6.45) is 5.05. The number of nitrogens with one attached hydrogen (secondary N) is 2. The third-order valence-corrected chi connectivity index (χ3v) is 7.98. The summed E-state index contributed by atoms with van der Waals surface area (Å²) < 4.78 is 32.1. The Bertz CT molecular complexity index is 817. The van der Waals surface area contributed by atoms with Gasteiger partial charge in [0.2, 0.25) is 21.8 Å². The number of rotatable bonds is 7. The first-order valence-electron chi connectivity index (χ1n) is 10.3. The van der Waals surface area contributed by atoms with Gasteiger partial charge in [0.25, 0.3) is 0 Å². The Morgan fingerprint density at radius 3 is 2.00 bits per heavy atom. The van der Waals surface area contributed by atoms with Gasteiger partial charge in [-0.3, -0.25) is 9.59 Å². The third-order valence-electron chi connectivity index (χ3n) is 5.84. The minimum absolute atomic E-state index is 0.0783. The van der Waals surface area contributed by atoms with E-state index in [2.05, 4.69) is 15.8 Å². The van der Waals surface area contributed by atoms with Crippen molar-refractivity contribution in [3.05, 3.63) is 11.5 Å². The lowest BCUT2D eigenvalue weighted by molar-refractivity contribution is -0.127. The maximum Gasteiger partial charge on any atom is 0.248 e. The molecular weight excluding hydrogens is 396 g/mol. The van der Waals surface area contributed by atoms with E-state index in [1.165, 1.54) is 4.31 Å². The van der Waals surface area contributed by atoms with Gasteiger partial charge < -0.3 is 15.2 Å². The van der Waals surface area contributed by atoms with Crippen molar-refractivity contribution in [2.24, 2.45) is 11.8 Å². The molecular formula is C19H30N4O5S. The van der Waals surface area contributed by atoms with Crippen LogP contribution in [0.4, 0.5) is 0 Å². The highest BCUT2D eigenvalue weighted by Gasteiger charge is 2.35. The van der Waals surface area contributed by atoms with Crippen LogP contribution in [-0.4, -0.2) is 55.9 Å². The molecule has 162 valence electrons. The largest absolute Gasteiger partial charge is 0.360 e. The van der Waals surface area contributed by atoms with Crippen LogP contribution in [0.15, 0.2) is 9.42 Å². The second-order valence-corrected chi connectivity index (χ2v) is 9.77. The molecule has 0 radical (unpaired) electrons. The summed E-state index contributed by atoms with van der Waals surface area (Å²) in [4.78, 5) is 24.5. The summed E-state index contributed by atoms with van der Waals surface area (Å²) in [5.74, 6) is 0.164. The smallest absolute Gasteiger partial charge is 0.248 e. The number of piperidine rings is 1. The third kappa shape index (κ3) is 4.98. The molecule has 0 spiro atoms. The maximum absolute atomic E-state index is 12.8. The van der Waals surface area contributed by atoms with Crippen molar-refractivity contribution in [2.45, 2.75) is 57.3 Å². The molecule has 0 bridgehead atoms. The number of hydrogen-bond acceptors (Lipinski definition) is 6. The van der Waals surface area contributed by atoms with Crippen LogP contribution in [-0.2, 0) is 19.6 Å². The molecule has 29 heavy (non-hydrogen) atoms. The lowest BCUT2D eigenvalue weighted by atomic mass is 9.97. The Morgan fingerprint density at radius 1 is 1.00 bits per heavy atom. The molecule has 1 aromatic heterocycles. The number of amides is 2. The highest BCUT2D eigenvalue weighted by molar-refractivity contribution is 7.89. The zero-order chi connectivity index (χ0) is 21.0. The molecule has 9 nitrogen and oxygen atoms in total. The fourth-order valence-corrected chi connectivity index (χ4v) is 5.94. The Balaban J connectivity index is 1.42. The molecule has 0 unspecified atom stereocenters. The first-order chi connectivity index (χ1) is 13.8. The second-order valence-electron chi connectivity index (χ2n) is 7.90. The molecule has 10 heteroatoms. The Kier molecular flexibility index (Phi) is 6.94. The highest BCUT2D eigenvalue weighted by atomic mass is 32.2. The van der Waals surface area contributed by atoms with Crippen molar-refractivity contribution in [3.63, 3.8) is 0 Å². The van der Waals surface area contributed by atoms with Crippen molar-refractivity contribution in [2.75, 3.05) is 26.2 Å².